The van der Waals surface area contributed by atoms with E-state index in [1.54, 1.807) is 11.8 Å². The summed E-state index contributed by atoms with van der Waals surface area (Å²) in [6.45, 7) is 9.54. The van der Waals surface area contributed by atoms with Gasteiger partial charge in [-0.1, -0.05) is 12.1 Å². The Bertz CT molecular complexity index is 682. The number of aryl methyl sites for hydroxylation is 3. The molecule has 0 aliphatic rings. The highest BCUT2D eigenvalue weighted by molar-refractivity contribution is 14.0. The summed E-state index contributed by atoms with van der Waals surface area (Å²) in [6, 6.07) is 10.7. The van der Waals surface area contributed by atoms with Gasteiger partial charge in [0.15, 0.2) is 5.96 Å². The quantitative estimate of drug-likeness (QED) is 0.195. The van der Waals surface area contributed by atoms with Gasteiger partial charge in [0.25, 0.3) is 0 Å². The zero-order chi connectivity index (χ0) is 18.1. The normalized spacial score (nSPS) is 11.2. The fourth-order valence-electron chi connectivity index (χ4n) is 2.58. The second kappa shape index (κ2) is 12.2. The van der Waals surface area contributed by atoms with Crippen LogP contribution >= 0.6 is 35.7 Å². The molecule has 0 atom stereocenters. The van der Waals surface area contributed by atoms with Crippen molar-refractivity contribution >= 4 is 41.7 Å². The highest BCUT2D eigenvalue weighted by atomic mass is 127. The van der Waals surface area contributed by atoms with Gasteiger partial charge >= 0.3 is 0 Å². The van der Waals surface area contributed by atoms with Crippen LogP contribution in [0.15, 0.2) is 40.2 Å². The molecule has 144 valence electrons. The van der Waals surface area contributed by atoms with Crippen molar-refractivity contribution in [1.29, 1.82) is 0 Å². The molecule has 26 heavy (non-hydrogen) atoms. The Kier molecular flexibility index (Phi) is 10.7. The van der Waals surface area contributed by atoms with Gasteiger partial charge in [-0.05, 0) is 57.2 Å². The van der Waals surface area contributed by atoms with E-state index in [1.165, 1.54) is 16.2 Å². The van der Waals surface area contributed by atoms with Crippen LogP contribution in [0, 0.1) is 13.8 Å². The van der Waals surface area contributed by atoms with Crippen LogP contribution in [0.3, 0.4) is 0 Å². The highest BCUT2D eigenvalue weighted by Crippen LogP contribution is 2.15. The number of nitrogens with zero attached hydrogens (tertiary/aromatic N) is 3. The average Bonchev–Trinajstić information content (AvgIpc) is 2.94. The van der Waals surface area contributed by atoms with Crippen molar-refractivity contribution in [1.82, 2.24) is 20.4 Å². The maximum atomic E-state index is 4.67. The van der Waals surface area contributed by atoms with Gasteiger partial charge in [0.1, 0.15) is 0 Å². The Morgan fingerprint density at radius 1 is 1.19 bits per heavy atom. The van der Waals surface area contributed by atoms with Gasteiger partial charge < -0.3 is 10.6 Å². The molecular weight excluding hydrogens is 457 g/mol. The standard InChI is InChI=1S/C19H29N5S.HI/c1-5-20-19(22-14-17-7-9-18(25-4)10-8-17)21-11-6-12-24-16(3)13-15(2)23-24;/h7-10,13H,5-6,11-12,14H2,1-4H3,(H2,20,21,22);1H. The van der Waals surface area contributed by atoms with Crippen LogP contribution in [0.25, 0.3) is 0 Å². The van der Waals surface area contributed by atoms with Gasteiger partial charge in [0.2, 0.25) is 0 Å². The minimum absolute atomic E-state index is 0. The molecule has 0 spiro atoms. The molecule has 0 bridgehead atoms. The van der Waals surface area contributed by atoms with E-state index in [2.05, 4.69) is 75.8 Å². The van der Waals surface area contributed by atoms with E-state index in [9.17, 15) is 0 Å². The summed E-state index contributed by atoms with van der Waals surface area (Å²) >= 11 is 1.76. The predicted octanol–water partition coefficient (Wildman–Crippen LogP) is 3.99. The molecule has 1 heterocycles. The maximum Gasteiger partial charge on any atom is 0.191 e. The third kappa shape index (κ3) is 7.57. The lowest BCUT2D eigenvalue weighted by atomic mass is 10.2. The number of hydrogen-bond acceptors (Lipinski definition) is 3. The summed E-state index contributed by atoms with van der Waals surface area (Å²) in [5.41, 5.74) is 3.51. The van der Waals surface area contributed by atoms with Crippen LogP contribution in [0.4, 0.5) is 0 Å². The molecule has 0 amide bonds. The van der Waals surface area contributed by atoms with E-state index in [1.807, 2.05) is 6.92 Å². The van der Waals surface area contributed by atoms with E-state index in [0.717, 1.165) is 37.7 Å². The van der Waals surface area contributed by atoms with Gasteiger partial charge in [-0.15, -0.1) is 35.7 Å². The van der Waals surface area contributed by atoms with E-state index >= 15 is 0 Å². The van der Waals surface area contributed by atoms with Crippen LogP contribution in [0.1, 0.15) is 30.3 Å². The van der Waals surface area contributed by atoms with E-state index in [4.69, 9.17) is 0 Å². The molecule has 1 aromatic carbocycles. The first-order valence-electron chi connectivity index (χ1n) is 8.78. The van der Waals surface area contributed by atoms with Gasteiger partial charge in [0, 0.05) is 30.2 Å². The van der Waals surface area contributed by atoms with Crippen molar-refractivity contribution in [2.45, 2.75) is 45.2 Å². The highest BCUT2D eigenvalue weighted by Gasteiger charge is 2.01. The molecule has 0 unspecified atom stereocenters. The molecule has 2 aromatic rings. The van der Waals surface area contributed by atoms with Crippen LogP contribution in [0.5, 0.6) is 0 Å². The van der Waals surface area contributed by atoms with Crippen LogP contribution in [0.2, 0.25) is 0 Å². The minimum Gasteiger partial charge on any atom is -0.357 e. The Balaban J connectivity index is 0.00000338. The zero-order valence-corrected chi connectivity index (χ0v) is 19.2. The van der Waals surface area contributed by atoms with Crippen molar-refractivity contribution in [2.24, 2.45) is 4.99 Å². The van der Waals surface area contributed by atoms with Gasteiger partial charge in [-0.2, -0.15) is 5.10 Å². The van der Waals surface area contributed by atoms with Crippen molar-refractivity contribution in [3.63, 3.8) is 0 Å². The number of guanidine groups is 1. The molecule has 2 rings (SSSR count). The predicted molar refractivity (Wildman–Crippen MR) is 123 cm³/mol. The number of benzene rings is 1. The fourth-order valence-corrected chi connectivity index (χ4v) is 2.99. The van der Waals surface area contributed by atoms with Gasteiger partial charge in [-0.25, -0.2) is 4.99 Å². The van der Waals surface area contributed by atoms with Crippen LogP contribution in [-0.2, 0) is 13.1 Å². The molecule has 0 radical (unpaired) electrons. The molecule has 0 fully saturated rings. The second-order valence-electron chi connectivity index (χ2n) is 5.97. The maximum absolute atomic E-state index is 4.67. The summed E-state index contributed by atoms with van der Waals surface area (Å²) in [7, 11) is 0. The van der Waals surface area contributed by atoms with E-state index in [-0.39, 0.29) is 24.0 Å². The van der Waals surface area contributed by atoms with Gasteiger partial charge in [0.05, 0.1) is 12.2 Å². The summed E-state index contributed by atoms with van der Waals surface area (Å²) in [4.78, 5) is 5.95. The number of thioether (sulfide) groups is 1. The molecule has 0 saturated heterocycles. The first-order chi connectivity index (χ1) is 12.1. The summed E-state index contributed by atoms with van der Waals surface area (Å²) in [6.07, 6.45) is 3.10. The fraction of sp³-hybridized carbons (Fsp3) is 0.474. The Hall–Kier alpha value is -1.22. The number of nitrogens with one attached hydrogen (secondary N) is 2. The minimum atomic E-state index is 0. The first kappa shape index (κ1) is 22.8. The third-order valence-electron chi connectivity index (χ3n) is 3.87. The van der Waals surface area contributed by atoms with Crippen LogP contribution in [-0.4, -0.2) is 35.1 Å². The summed E-state index contributed by atoms with van der Waals surface area (Å²) < 4.78 is 2.06. The second-order valence-corrected chi connectivity index (χ2v) is 6.85. The summed E-state index contributed by atoms with van der Waals surface area (Å²) in [5.74, 6) is 0.866. The monoisotopic (exact) mass is 487 g/mol. The first-order valence-corrected chi connectivity index (χ1v) is 10.0. The SMILES string of the molecule is CCNC(=NCc1ccc(SC)cc1)NCCCn1nc(C)cc1C.I. The van der Waals surface area contributed by atoms with Gasteiger partial charge in [-0.3, -0.25) is 4.68 Å². The topological polar surface area (TPSA) is 54.2 Å². The Labute approximate surface area is 178 Å². The van der Waals surface area contributed by atoms with E-state index in [0.29, 0.717) is 6.54 Å². The largest absolute Gasteiger partial charge is 0.357 e. The van der Waals surface area contributed by atoms with Crippen molar-refractivity contribution in [2.75, 3.05) is 19.3 Å². The Morgan fingerprint density at radius 3 is 2.50 bits per heavy atom. The Morgan fingerprint density at radius 2 is 1.92 bits per heavy atom. The summed E-state index contributed by atoms with van der Waals surface area (Å²) in [5, 5.41) is 11.2. The number of aromatic nitrogens is 2. The number of hydrogen-bond donors (Lipinski definition) is 2. The molecule has 7 heteroatoms. The average molecular weight is 487 g/mol. The van der Waals surface area contributed by atoms with Crippen molar-refractivity contribution in [3.8, 4) is 0 Å². The number of aliphatic imine (C=N–C) groups is 1. The molecule has 2 N–H and O–H groups in total. The smallest absolute Gasteiger partial charge is 0.191 e. The van der Waals surface area contributed by atoms with Crippen molar-refractivity contribution < 1.29 is 0 Å². The molecule has 0 aliphatic heterocycles. The molecule has 0 aliphatic carbocycles. The molecule has 0 saturated carbocycles. The molecular formula is C19H30IN5S. The lowest BCUT2D eigenvalue weighted by molar-refractivity contribution is 0.555. The number of halogens is 1. The number of rotatable bonds is 8. The molecule has 1 aromatic heterocycles. The molecule has 5 nitrogen and oxygen atoms in total. The van der Waals surface area contributed by atoms with Crippen LogP contribution < -0.4 is 10.6 Å². The third-order valence-corrected chi connectivity index (χ3v) is 4.61. The van der Waals surface area contributed by atoms with E-state index < -0.39 is 0 Å². The lowest BCUT2D eigenvalue weighted by Crippen LogP contribution is -2.38. The zero-order valence-electron chi connectivity index (χ0n) is 16.1. The van der Waals surface area contributed by atoms with Crippen molar-refractivity contribution in [3.05, 3.63) is 47.3 Å². The lowest BCUT2D eigenvalue weighted by Gasteiger charge is -2.12.